The number of aromatic nitrogens is 1. The molecule has 1 aromatic heterocycles. The van der Waals surface area contributed by atoms with Crippen molar-refractivity contribution in [3.8, 4) is 0 Å². The van der Waals surface area contributed by atoms with Crippen molar-refractivity contribution in [2.45, 2.75) is 51.5 Å². The van der Waals surface area contributed by atoms with Gasteiger partial charge in [0.05, 0.1) is 10.7 Å². The summed E-state index contributed by atoms with van der Waals surface area (Å²) in [6.45, 7) is 3.21. The highest BCUT2D eigenvalue weighted by atomic mass is 32.1. The van der Waals surface area contributed by atoms with Gasteiger partial charge >= 0.3 is 0 Å². The minimum atomic E-state index is 0.788. The Balaban J connectivity index is 2.14. The monoisotopic (exact) mass is 224 g/mol. The van der Waals surface area contributed by atoms with Crippen molar-refractivity contribution >= 4 is 11.3 Å². The van der Waals surface area contributed by atoms with E-state index in [4.69, 9.17) is 4.98 Å². The molecule has 1 aliphatic rings. The summed E-state index contributed by atoms with van der Waals surface area (Å²) in [5.74, 6) is 0.788. The summed E-state index contributed by atoms with van der Waals surface area (Å²) in [6, 6.07) is 0. The molecule has 84 valence electrons. The standard InChI is InChI=1S/C12H20N2S/c1-3-5-10-11(8-13-2)15-12(14-10)9-6-4-7-9/h9,13H,3-8H2,1-2H3. The van der Waals surface area contributed by atoms with E-state index in [1.54, 1.807) is 0 Å². The van der Waals surface area contributed by atoms with Crippen LogP contribution in [0.1, 0.15) is 54.1 Å². The third-order valence-electron chi connectivity index (χ3n) is 3.07. The van der Waals surface area contributed by atoms with Crippen molar-refractivity contribution in [2.24, 2.45) is 0 Å². The molecule has 0 aliphatic heterocycles. The lowest BCUT2D eigenvalue weighted by Crippen LogP contribution is -2.08. The quantitative estimate of drug-likeness (QED) is 0.831. The highest BCUT2D eigenvalue weighted by Gasteiger charge is 2.24. The lowest BCUT2D eigenvalue weighted by atomic mass is 9.86. The van der Waals surface area contributed by atoms with Crippen LogP contribution in [0.2, 0.25) is 0 Å². The third kappa shape index (κ3) is 2.40. The van der Waals surface area contributed by atoms with Crippen LogP contribution >= 0.6 is 11.3 Å². The molecule has 0 unspecified atom stereocenters. The third-order valence-corrected chi connectivity index (χ3v) is 4.33. The predicted octanol–water partition coefficient (Wildman–Crippen LogP) is 3.08. The second-order valence-corrected chi connectivity index (χ2v) is 5.45. The molecule has 0 radical (unpaired) electrons. The van der Waals surface area contributed by atoms with Crippen molar-refractivity contribution in [3.63, 3.8) is 0 Å². The van der Waals surface area contributed by atoms with Gasteiger partial charge in [-0.2, -0.15) is 0 Å². The molecular formula is C12H20N2S. The van der Waals surface area contributed by atoms with E-state index in [1.807, 2.05) is 18.4 Å². The van der Waals surface area contributed by atoms with E-state index < -0.39 is 0 Å². The van der Waals surface area contributed by atoms with E-state index in [1.165, 1.54) is 41.3 Å². The number of nitrogens with zero attached hydrogens (tertiary/aromatic N) is 1. The molecule has 0 spiro atoms. The number of aryl methyl sites for hydroxylation is 1. The van der Waals surface area contributed by atoms with Crippen LogP contribution in [0.25, 0.3) is 0 Å². The van der Waals surface area contributed by atoms with Crippen LogP contribution in [0.4, 0.5) is 0 Å². The lowest BCUT2D eigenvalue weighted by molar-refractivity contribution is 0.417. The molecule has 1 saturated carbocycles. The molecule has 2 rings (SSSR count). The molecule has 0 amide bonds. The van der Waals surface area contributed by atoms with Gasteiger partial charge in [-0.25, -0.2) is 4.98 Å². The molecule has 1 fully saturated rings. The van der Waals surface area contributed by atoms with Gasteiger partial charge in [0.25, 0.3) is 0 Å². The van der Waals surface area contributed by atoms with E-state index in [0.717, 1.165) is 18.9 Å². The van der Waals surface area contributed by atoms with Gasteiger partial charge in [-0.15, -0.1) is 11.3 Å². The van der Waals surface area contributed by atoms with Crippen molar-refractivity contribution in [2.75, 3.05) is 7.05 Å². The average molecular weight is 224 g/mol. The molecule has 1 aliphatic carbocycles. The van der Waals surface area contributed by atoms with Gasteiger partial charge < -0.3 is 5.32 Å². The van der Waals surface area contributed by atoms with Crippen LogP contribution < -0.4 is 5.32 Å². The van der Waals surface area contributed by atoms with Gasteiger partial charge in [-0.05, 0) is 26.3 Å². The van der Waals surface area contributed by atoms with Gasteiger partial charge in [0, 0.05) is 17.3 Å². The van der Waals surface area contributed by atoms with Gasteiger partial charge in [-0.1, -0.05) is 19.8 Å². The zero-order valence-electron chi connectivity index (χ0n) is 9.68. The molecule has 1 heterocycles. The topological polar surface area (TPSA) is 24.9 Å². The van der Waals surface area contributed by atoms with Crippen LogP contribution in [0.5, 0.6) is 0 Å². The fraction of sp³-hybridized carbons (Fsp3) is 0.750. The lowest BCUT2D eigenvalue weighted by Gasteiger charge is -2.22. The smallest absolute Gasteiger partial charge is 0.0962 e. The molecular weight excluding hydrogens is 204 g/mol. The first kappa shape index (κ1) is 11.1. The van der Waals surface area contributed by atoms with Gasteiger partial charge in [0.15, 0.2) is 0 Å². The minimum absolute atomic E-state index is 0.788. The molecule has 0 aromatic carbocycles. The summed E-state index contributed by atoms with van der Waals surface area (Å²) in [4.78, 5) is 6.28. The molecule has 3 heteroatoms. The Kier molecular flexibility index (Phi) is 3.76. The largest absolute Gasteiger partial charge is 0.315 e. The maximum Gasteiger partial charge on any atom is 0.0962 e. The Morgan fingerprint density at radius 1 is 1.47 bits per heavy atom. The minimum Gasteiger partial charge on any atom is -0.315 e. The average Bonchev–Trinajstić information content (AvgIpc) is 2.47. The first-order valence-corrected chi connectivity index (χ1v) is 6.79. The van der Waals surface area contributed by atoms with Gasteiger partial charge in [0.1, 0.15) is 0 Å². The van der Waals surface area contributed by atoms with Crippen LogP contribution in [0.15, 0.2) is 0 Å². The molecule has 0 saturated heterocycles. The molecule has 0 atom stereocenters. The van der Waals surface area contributed by atoms with Gasteiger partial charge in [0.2, 0.25) is 0 Å². The number of hydrogen-bond acceptors (Lipinski definition) is 3. The first-order valence-electron chi connectivity index (χ1n) is 5.98. The fourth-order valence-electron chi connectivity index (χ4n) is 1.96. The SMILES string of the molecule is CCCc1nc(C2CCC2)sc1CNC. The van der Waals surface area contributed by atoms with Crippen molar-refractivity contribution in [1.82, 2.24) is 10.3 Å². The summed E-state index contributed by atoms with van der Waals surface area (Å²) in [7, 11) is 2.01. The van der Waals surface area contributed by atoms with Crippen LogP contribution in [-0.2, 0) is 13.0 Å². The van der Waals surface area contributed by atoms with E-state index in [-0.39, 0.29) is 0 Å². The molecule has 15 heavy (non-hydrogen) atoms. The predicted molar refractivity (Wildman–Crippen MR) is 65.5 cm³/mol. The van der Waals surface area contributed by atoms with Crippen molar-refractivity contribution in [3.05, 3.63) is 15.6 Å². The summed E-state index contributed by atoms with van der Waals surface area (Å²) in [5.41, 5.74) is 1.35. The molecule has 1 aromatic rings. The number of hydrogen-bond donors (Lipinski definition) is 1. The van der Waals surface area contributed by atoms with E-state index in [9.17, 15) is 0 Å². The van der Waals surface area contributed by atoms with Crippen molar-refractivity contribution < 1.29 is 0 Å². The van der Waals surface area contributed by atoms with Crippen LogP contribution in [-0.4, -0.2) is 12.0 Å². The van der Waals surface area contributed by atoms with E-state index in [0.29, 0.717) is 0 Å². The second kappa shape index (κ2) is 5.08. The Hall–Kier alpha value is -0.410. The Bertz CT molecular complexity index is 292. The molecule has 0 bridgehead atoms. The van der Waals surface area contributed by atoms with Crippen LogP contribution in [0.3, 0.4) is 0 Å². The normalized spacial score (nSPS) is 16.7. The Morgan fingerprint density at radius 3 is 2.80 bits per heavy atom. The van der Waals surface area contributed by atoms with Gasteiger partial charge in [-0.3, -0.25) is 0 Å². The van der Waals surface area contributed by atoms with Crippen molar-refractivity contribution in [1.29, 1.82) is 0 Å². The number of rotatable bonds is 5. The highest BCUT2D eigenvalue weighted by Crippen LogP contribution is 2.39. The fourth-order valence-corrected chi connectivity index (χ4v) is 3.26. The van der Waals surface area contributed by atoms with Crippen LogP contribution in [0, 0.1) is 0 Å². The maximum atomic E-state index is 4.82. The summed E-state index contributed by atoms with van der Waals surface area (Å²) < 4.78 is 0. The zero-order chi connectivity index (χ0) is 10.7. The molecule has 2 nitrogen and oxygen atoms in total. The number of nitrogens with one attached hydrogen (secondary N) is 1. The first-order chi connectivity index (χ1) is 7.35. The summed E-state index contributed by atoms with van der Waals surface area (Å²) >= 11 is 1.93. The summed E-state index contributed by atoms with van der Waals surface area (Å²) in [6.07, 6.45) is 6.45. The van der Waals surface area contributed by atoms with E-state index >= 15 is 0 Å². The zero-order valence-corrected chi connectivity index (χ0v) is 10.5. The Morgan fingerprint density at radius 2 is 2.27 bits per heavy atom. The molecule has 1 N–H and O–H groups in total. The second-order valence-electron chi connectivity index (χ2n) is 4.33. The van der Waals surface area contributed by atoms with E-state index in [2.05, 4.69) is 12.2 Å². The number of thiazole rings is 1. The maximum absolute atomic E-state index is 4.82. The highest BCUT2D eigenvalue weighted by molar-refractivity contribution is 7.11. The Labute approximate surface area is 96.1 Å². The summed E-state index contributed by atoms with van der Waals surface area (Å²) in [5, 5.41) is 4.64.